The van der Waals surface area contributed by atoms with Gasteiger partial charge in [-0.2, -0.15) is 0 Å². The van der Waals surface area contributed by atoms with Gasteiger partial charge in [0.2, 0.25) is 11.8 Å². The van der Waals surface area contributed by atoms with Crippen LogP contribution in [0.5, 0.6) is 0 Å². The van der Waals surface area contributed by atoms with Gasteiger partial charge in [0.1, 0.15) is 6.54 Å². The molecule has 1 aromatic heterocycles. The van der Waals surface area contributed by atoms with Gasteiger partial charge in [0.15, 0.2) is 0 Å². The molecule has 0 unspecified atom stereocenters. The molecule has 20 heavy (non-hydrogen) atoms. The fourth-order valence-corrected chi connectivity index (χ4v) is 2.19. The summed E-state index contributed by atoms with van der Waals surface area (Å²) in [5.41, 5.74) is 5.79. The summed E-state index contributed by atoms with van der Waals surface area (Å²) in [4.78, 5) is 38.3. The molecule has 0 spiro atoms. The average molecular weight is 278 g/mol. The Balaban J connectivity index is 1.98. The number of nitrogen functional groups attached to an aromatic ring is 1. The highest BCUT2D eigenvalue weighted by Gasteiger charge is 2.22. The van der Waals surface area contributed by atoms with E-state index >= 15 is 0 Å². The fraction of sp³-hybridized carbons (Fsp3) is 0.462. The zero-order valence-electron chi connectivity index (χ0n) is 11.4. The number of nitrogens with zero attached hydrogens (tertiary/aromatic N) is 3. The lowest BCUT2D eigenvalue weighted by atomic mass is 10.3. The van der Waals surface area contributed by atoms with Gasteiger partial charge < -0.3 is 20.1 Å². The number of hydrogen-bond acceptors (Lipinski definition) is 4. The molecule has 0 radical (unpaired) electrons. The van der Waals surface area contributed by atoms with Crippen molar-refractivity contribution in [3.8, 4) is 0 Å². The van der Waals surface area contributed by atoms with Gasteiger partial charge in [-0.1, -0.05) is 0 Å². The zero-order chi connectivity index (χ0) is 14.7. The number of anilines is 1. The minimum absolute atomic E-state index is 0.0177. The number of aromatic nitrogens is 1. The third kappa shape index (κ3) is 3.17. The van der Waals surface area contributed by atoms with Crippen molar-refractivity contribution >= 4 is 17.5 Å². The van der Waals surface area contributed by atoms with E-state index in [9.17, 15) is 14.4 Å². The van der Waals surface area contributed by atoms with Gasteiger partial charge in [-0.25, -0.2) is 0 Å². The quantitative estimate of drug-likeness (QED) is 0.761. The first-order valence-electron chi connectivity index (χ1n) is 6.46. The maximum Gasteiger partial charge on any atom is 0.251 e. The Morgan fingerprint density at radius 1 is 1.15 bits per heavy atom. The Kier molecular flexibility index (Phi) is 4.07. The maximum atomic E-state index is 12.1. The smallest absolute Gasteiger partial charge is 0.251 e. The highest BCUT2D eigenvalue weighted by molar-refractivity contribution is 5.77. The minimum atomic E-state index is -0.255. The fourth-order valence-electron chi connectivity index (χ4n) is 2.19. The molecular weight excluding hydrogens is 260 g/mol. The molecule has 7 nitrogen and oxygen atoms in total. The van der Waals surface area contributed by atoms with Crippen LogP contribution in [0, 0.1) is 0 Å². The van der Waals surface area contributed by atoms with Gasteiger partial charge in [0, 0.05) is 51.1 Å². The van der Waals surface area contributed by atoms with Crippen molar-refractivity contribution in [1.82, 2.24) is 14.4 Å². The molecule has 1 saturated heterocycles. The Hall–Kier alpha value is -2.31. The Bertz CT molecular complexity index is 573. The number of piperazine rings is 1. The van der Waals surface area contributed by atoms with Crippen molar-refractivity contribution in [2.75, 3.05) is 31.9 Å². The standard InChI is InChI=1S/C13H18N4O3/c1-10(18)15-4-6-16(7-5-15)13(20)9-17-8-11(14)2-3-12(17)19/h2-3,8H,4-7,9,14H2,1H3. The van der Waals surface area contributed by atoms with Crippen molar-refractivity contribution < 1.29 is 9.59 Å². The lowest BCUT2D eigenvalue weighted by Crippen LogP contribution is -2.51. The second-order valence-corrected chi connectivity index (χ2v) is 4.82. The topological polar surface area (TPSA) is 88.6 Å². The minimum Gasteiger partial charge on any atom is -0.398 e. The van der Waals surface area contributed by atoms with Crippen molar-refractivity contribution in [1.29, 1.82) is 0 Å². The first-order chi connectivity index (χ1) is 9.47. The van der Waals surface area contributed by atoms with Crippen LogP contribution in [0.25, 0.3) is 0 Å². The molecule has 0 saturated carbocycles. The van der Waals surface area contributed by atoms with Crippen LogP contribution in [-0.2, 0) is 16.1 Å². The number of carbonyl (C=O) groups excluding carboxylic acids is 2. The van der Waals surface area contributed by atoms with E-state index in [0.717, 1.165) is 0 Å². The van der Waals surface area contributed by atoms with Gasteiger partial charge >= 0.3 is 0 Å². The molecule has 0 atom stereocenters. The summed E-state index contributed by atoms with van der Waals surface area (Å²) in [5.74, 6) is -0.120. The van der Waals surface area contributed by atoms with Crippen LogP contribution in [-0.4, -0.2) is 52.4 Å². The summed E-state index contributed by atoms with van der Waals surface area (Å²) < 4.78 is 1.30. The van der Waals surface area contributed by atoms with Crippen molar-refractivity contribution in [3.63, 3.8) is 0 Å². The third-order valence-corrected chi connectivity index (χ3v) is 3.39. The average Bonchev–Trinajstić information content (AvgIpc) is 2.43. The van der Waals surface area contributed by atoms with Gasteiger partial charge in [0.25, 0.3) is 5.56 Å². The molecule has 2 N–H and O–H groups in total. The molecule has 0 bridgehead atoms. The highest BCUT2D eigenvalue weighted by Crippen LogP contribution is 2.04. The second kappa shape index (κ2) is 5.77. The van der Waals surface area contributed by atoms with Crippen LogP contribution in [0.1, 0.15) is 6.92 Å². The van der Waals surface area contributed by atoms with E-state index in [-0.39, 0.29) is 23.9 Å². The first-order valence-corrected chi connectivity index (χ1v) is 6.46. The lowest BCUT2D eigenvalue weighted by Gasteiger charge is -2.34. The SMILES string of the molecule is CC(=O)N1CCN(C(=O)Cn2cc(N)ccc2=O)CC1. The van der Waals surface area contributed by atoms with E-state index < -0.39 is 0 Å². The van der Waals surface area contributed by atoms with Crippen LogP contribution >= 0.6 is 0 Å². The van der Waals surface area contributed by atoms with Crippen LogP contribution in [0.15, 0.2) is 23.1 Å². The summed E-state index contributed by atoms with van der Waals surface area (Å²) in [6.07, 6.45) is 1.46. The van der Waals surface area contributed by atoms with Gasteiger partial charge in [-0.15, -0.1) is 0 Å². The number of pyridine rings is 1. The summed E-state index contributed by atoms with van der Waals surface area (Å²) in [7, 11) is 0. The molecule has 1 fully saturated rings. The Morgan fingerprint density at radius 3 is 2.35 bits per heavy atom. The van der Waals surface area contributed by atoms with E-state index in [1.54, 1.807) is 9.80 Å². The highest BCUT2D eigenvalue weighted by atomic mass is 16.2. The molecule has 2 amide bonds. The van der Waals surface area contributed by atoms with E-state index in [1.807, 2.05) is 0 Å². The van der Waals surface area contributed by atoms with E-state index in [1.165, 1.54) is 29.8 Å². The predicted molar refractivity (Wildman–Crippen MR) is 73.9 cm³/mol. The maximum absolute atomic E-state index is 12.1. The number of rotatable bonds is 2. The van der Waals surface area contributed by atoms with Crippen LogP contribution in [0.2, 0.25) is 0 Å². The normalized spacial score (nSPS) is 15.2. The number of hydrogen-bond donors (Lipinski definition) is 1. The van der Waals surface area contributed by atoms with Crippen LogP contribution < -0.4 is 11.3 Å². The molecule has 0 aliphatic carbocycles. The van der Waals surface area contributed by atoms with Crippen LogP contribution in [0.3, 0.4) is 0 Å². The molecule has 1 aliphatic rings. The summed E-state index contributed by atoms with van der Waals surface area (Å²) in [6.45, 7) is 3.55. The lowest BCUT2D eigenvalue weighted by molar-refractivity contribution is -0.138. The monoisotopic (exact) mass is 278 g/mol. The molecule has 7 heteroatoms. The number of nitrogens with two attached hydrogens (primary N) is 1. The number of amides is 2. The molecule has 0 aromatic carbocycles. The van der Waals surface area contributed by atoms with Gasteiger partial charge in [-0.05, 0) is 6.07 Å². The molecular formula is C13H18N4O3. The first kappa shape index (κ1) is 14.1. The molecule has 2 heterocycles. The summed E-state index contributed by atoms with van der Waals surface area (Å²) in [5, 5.41) is 0. The van der Waals surface area contributed by atoms with Crippen molar-refractivity contribution in [2.45, 2.75) is 13.5 Å². The van der Waals surface area contributed by atoms with E-state index in [2.05, 4.69) is 0 Å². The summed E-state index contributed by atoms with van der Waals surface area (Å²) in [6, 6.07) is 2.85. The van der Waals surface area contributed by atoms with E-state index in [0.29, 0.717) is 31.9 Å². The molecule has 1 aromatic rings. The molecule has 2 rings (SSSR count). The van der Waals surface area contributed by atoms with Crippen molar-refractivity contribution in [3.05, 3.63) is 28.7 Å². The molecule has 108 valence electrons. The molecule has 1 aliphatic heterocycles. The Labute approximate surface area is 116 Å². The zero-order valence-corrected chi connectivity index (χ0v) is 11.4. The van der Waals surface area contributed by atoms with E-state index in [4.69, 9.17) is 5.73 Å². The largest absolute Gasteiger partial charge is 0.398 e. The van der Waals surface area contributed by atoms with Crippen LogP contribution in [0.4, 0.5) is 5.69 Å². The van der Waals surface area contributed by atoms with Crippen molar-refractivity contribution in [2.24, 2.45) is 0 Å². The van der Waals surface area contributed by atoms with Gasteiger partial charge in [-0.3, -0.25) is 14.4 Å². The number of carbonyl (C=O) groups is 2. The summed E-state index contributed by atoms with van der Waals surface area (Å²) >= 11 is 0. The van der Waals surface area contributed by atoms with Gasteiger partial charge in [0.05, 0.1) is 0 Å². The predicted octanol–water partition coefficient (Wildman–Crippen LogP) is -0.879. The third-order valence-electron chi connectivity index (χ3n) is 3.39. The Morgan fingerprint density at radius 2 is 1.75 bits per heavy atom. The second-order valence-electron chi connectivity index (χ2n) is 4.82.